The van der Waals surface area contributed by atoms with E-state index in [2.05, 4.69) is 5.32 Å². The fraction of sp³-hybridized carbons (Fsp3) is 0.800. The first-order valence-corrected chi connectivity index (χ1v) is 29.8. The maximum atomic E-state index is 13.9. The molecule has 21 fully saturated rings. The van der Waals surface area contributed by atoms with Crippen molar-refractivity contribution in [3.05, 3.63) is 59.9 Å². The lowest BCUT2D eigenvalue weighted by molar-refractivity contribution is -0.396. The number of ether oxygens (including phenoxy) is 14. The van der Waals surface area contributed by atoms with Crippen LogP contribution < -0.4 is 5.32 Å². The van der Waals surface area contributed by atoms with E-state index in [1.54, 1.807) is 23.4 Å². The fourth-order valence-electron chi connectivity index (χ4n) is 12.4. The van der Waals surface area contributed by atoms with Crippen LogP contribution in [-0.2, 0) is 77.7 Å². The predicted molar refractivity (Wildman–Crippen MR) is 288 cm³/mol. The Morgan fingerprint density at radius 1 is 0.359 bits per heavy atom. The number of aliphatic hydroxyl groups excluding tert-OH is 20. The third kappa shape index (κ3) is 14.7. The smallest absolute Gasteiger partial charge is 0.249 e. The van der Waals surface area contributed by atoms with Crippen molar-refractivity contribution >= 4 is 5.91 Å². The molecule has 0 saturated carbocycles. The monoisotopic (exact) mass is 1330 g/mol. The number of carbonyl (C=O) groups excluding carboxylic acids is 1. The van der Waals surface area contributed by atoms with Crippen LogP contribution in [0.3, 0.4) is 0 Å². The van der Waals surface area contributed by atoms with Gasteiger partial charge in [-0.05, 0) is 12.0 Å². The SMILES string of the molecule is O=C(NC[C@H]1O[C@@H]2O[C@H]3[C@H](O)[C@@H](O)[C@@H](O[C@H]4[C@H](O)[C@@H](O)[C@@H](O[C@H]5[C@H](O)[C@@H](O)[C@@H](O[C@H]6[C@H](O)[C@@H](O)[C@@H](O[C@H]7[C@H](O)[C@@H](O)[C@@H](O[C@H]8[C@H](O)[C@@H](O)[C@@H](O[C@H]1[C@H](O)[C@H]2O)O[C@@H]8CO)O[C@@H]7CO)O[C@@H]6CO)O[C@@H]5CO)O[C@@H]4CO)O[C@@H]3CO)C1=CN(Cc2ccccc2)C=CC1. The van der Waals surface area contributed by atoms with Crippen molar-refractivity contribution in [2.75, 3.05) is 46.2 Å². The van der Waals surface area contributed by atoms with Crippen molar-refractivity contribution in [1.82, 2.24) is 10.2 Å². The van der Waals surface area contributed by atoms with Crippen LogP contribution in [0.2, 0.25) is 0 Å². The molecule has 37 nitrogen and oxygen atoms in total. The minimum atomic E-state index is -2.26. The zero-order valence-corrected chi connectivity index (χ0v) is 48.7. The Morgan fingerprint density at radius 3 is 0.870 bits per heavy atom. The highest BCUT2D eigenvalue weighted by Gasteiger charge is 2.60. The van der Waals surface area contributed by atoms with Crippen LogP contribution in [0, 0.1) is 0 Å². The molecule has 92 heavy (non-hydrogen) atoms. The Bertz CT molecular complexity index is 2550. The van der Waals surface area contributed by atoms with Crippen molar-refractivity contribution in [3.63, 3.8) is 0 Å². The lowest BCUT2D eigenvalue weighted by atomic mass is 9.95. The van der Waals surface area contributed by atoms with Crippen LogP contribution >= 0.6 is 0 Å². The number of allylic oxidation sites excluding steroid dienone is 1. The van der Waals surface area contributed by atoms with E-state index in [9.17, 15) is 107 Å². The van der Waals surface area contributed by atoms with Gasteiger partial charge in [0.05, 0.1) is 39.6 Å². The molecule has 0 aromatic heterocycles. The van der Waals surface area contributed by atoms with Crippen LogP contribution in [0.15, 0.2) is 54.4 Å². The average molecular weight is 1330 g/mol. The maximum absolute atomic E-state index is 13.9. The predicted octanol–water partition coefficient (Wildman–Crippen LogP) is -12.8. The Labute approximate surface area is 522 Å². The highest BCUT2D eigenvalue weighted by molar-refractivity contribution is 5.93. The zero-order valence-electron chi connectivity index (χ0n) is 48.7. The second-order valence-electron chi connectivity index (χ2n) is 23.6. The van der Waals surface area contributed by atoms with Gasteiger partial charge in [-0.25, -0.2) is 0 Å². The molecule has 0 spiro atoms. The normalized spacial score (nSPS) is 48.9. The lowest BCUT2D eigenvalue weighted by Crippen LogP contribution is -2.68. The van der Waals surface area contributed by atoms with Crippen LogP contribution in [0.1, 0.15) is 12.0 Å². The summed E-state index contributed by atoms with van der Waals surface area (Å²) in [6, 6.07) is 9.27. The summed E-state index contributed by atoms with van der Waals surface area (Å²) >= 11 is 0. The number of nitrogens with one attached hydrogen (secondary N) is 1. The van der Waals surface area contributed by atoms with Gasteiger partial charge in [0.1, 0.15) is 171 Å². The van der Waals surface area contributed by atoms with Gasteiger partial charge in [-0.2, -0.15) is 0 Å². The first-order chi connectivity index (χ1) is 44.0. The van der Waals surface area contributed by atoms with Crippen LogP contribution in [0.4, 0.5) is 0 Å². The second-order valence-corrected chi connectivity index (χ2v) is 23.6. The number of rotatable bonds is 11. The molecule has 22 heterocycles. The Morgan fingerprint density at radius 2 is 0.609 bits per heavy atom. The van der Waals surface area contributed by atoms with E-state index in [1.807, 2.05) is 30.3 Å². The van der Waals surface area contributed by atoms with E-state index >= 15 is 0 Å². The van der Waals surface area contributed by atoms with E-state index in [4.69, 9.17) is 66.3 Å². The average Bonchev–Trinajstić information content (AvgIpc) is 0.847. The molecule has 22 aliphatic rings. The molecule has 1 aromatic carbocycles. The van der Waals surface area contributed by atoms with Gasteiger partial charge in [0.2, 0.25) is 5.91 Å². The number of nitrogens with zero attached hydrogens (tertiary/aromatic N) is 1. The molecule has 0 aliphatic carbocycles. The number of aliphatic hydroxyl groups is 20. The van der Waals surface area contributed by atoms with Gasteiger partial charge in [0.25, 0.3) is 0 Å². The van der Waals surface area contributed by atoms with Gasteiger partial charge in [0.15, 0.2) is 44.0 Å². The van der Waals surface area contributed by atoms with Gasteiger partial charge >= 0.3 is 0 Å². The first-order valence-electron chi connectivity index (χ1n) is 29.8. The lowest BCUT2D eigenvalue weighted by Gasteiger charge is -2.50. The molecule has 522 valence electrons. The second kappa shape index (κ2) is 31.0. The van der Waals surface area contributed by atoms with Crippen molar-refractivity contribution in [3.8, 4) is 0 Å². The van der Waals surface area contributed by atoms with E-state index in [1.165, 1.54) is 0 Å². The molecule has 22 aliphatic heterocycles. The maximum Gasteiger partial charge on any atom is 0.249 e. The van der Waals surface area contributed by atoms with Crippen molar-refractivity contribution in [1.29, 1.82) is 0 Å². The molecule has 23 rings (SSSR count). The molecule has 1 amide bonds. The van der Waals surface area contributed by atoms with Crippen LogP contribution in [0.25, 0.3) is 0 Å². The summed E-state index contributed by atoms with van der Waals surface area (Å²) in [6.45, 7) is -6.65. The van der Waals surface area contributed by atoms with E-state index in [0.717, 1.165) is 5.56 Å². The molecule has 21 N–H and O–H groups in total. The van der Waals surface area contributed by atoms with Gasteiger partial charge in [0, 0.05) is 31.1 Å². The topological polar surface area (TPSA) is 566 Å². The quantitative estimate of drug-likeness (QED) is 0.0978. The van der Waals surface area contributed by atoms with E-state index < -0.39 is 267 Å². The van der Waals surface area contributed by atoms with Gasteiger partial charge in [-0.1, -0.05) is 36.4 Å². The van der Waals surface area contributed by atoms with Crippen LogP contribution in [0.5, 0.6) is 0 Å². The minimum absolute atomic E-state index is 0.141. The van der Waals surface area contributed by atoms with Crippen molar-refractivity contribution < 1.29 is 173 Å². The van der Waals surface area contributed by atoms with Gasteiger partial charge < -0.3 is 179 Å². The number of benzene rings is 1. The summed E-state index contributed by atoms with van der Waals surface area (Å²) in [5.74, 6) is -0.678. The molecule has 35 atom stereocenters. The number of amides is 1. The first kappa shape index (κ1) is 71.4. The Kier molecular flexibility index (Phi) is 24.1. The fourth-order valence-corrected chi connectivity index (χ4v) is 12.4. The minimum Gasteiger partial charge on any atom is -0.394 e. The third-order valence-corrected chi connectivity index (χ3v) is 17.5. The van der Waals surface area contributed by atoms with Gasteiger partial charge in [-0.3, -0.25) is 4.79 Å². The molecular weight excluding hydrogens is 1250 g/mol. The highest BCUT2D eigenvalue weighted by Crippen LogP contribution is 2.39. The largest absolute Gasteiger partial charge is 0.394 e. The number of carbonyl (C=O) groups is 1. The molecule has 14 bridgehead atoms. The number of hydrogen-bond acceptors (Lipinski definition) is 36. The molecule has 1 aromatic rings. The van der Waals surface area contributed by atoms with Crippen LogP contribution in [-0.4, -0.2) is 374 Å². The molecule has 37 heteroatoms. The summed E-state index contributed by atoms with van der Waals surface area (Å²) in [5.41, 5.74) is 1.14. The van der Waals surface area contributed by atoms with Crippen molar-refractivity contribution in [2.24, 2.45) is 0 Å². The third-order valence-electron chi connectivity index (χ3n) is 17.5. The summed E-state index contributed by atoms with van der Waals surface area (Å²) in [6.07, 6.45) is -66.1. The van der Waals surface area contributed by atoms with E-state index in [0.29, 0.717) is 6.54 Å². The molecule has 21 saturated heterocycles. The molecular formula is C55H82N2O35. The summed E-state index contributed by atoms with van der Waals surface area (Å²) < 4.78 is 81.5. The molecule has 0 radical (unpaired) electrons. The Balaban J connectivity index is 0.940. The standard InChI is InChI=1S/C55H82N2O35/c58-12-21-42-29(66)36(73)51(81-21)89-44-23(14-60)83-53(38(75)31(44)68)91-46-25(16-62)85-55(40(77)33(46)70)92-47-26(17-63)84-54(39(76)32(47)69)90-45-24(15-61)82-52(37(74)30(45)67)88-43-22(13-59)80-50(35(72)28(43)65)86-41-20(79-49(87-42)34(71)27(41)64)9-56-48(78)19-7-4-8-57(11-19)10-18-5-2-1-3-6-18/h1-6,8,11,20-47,49-55,58-77H,7,9-10,12-17H2,(H,56,78)/t20-,21-,22-,23-,24-,25-,26-,27-,28-,29-,30-,31-,32-,33-,34-,35-,36-,37-,38-,39-,40-,41-,42-,43-,44-,45-,46-,47-,49-,50-,51-,52-,53-,54-,55-/m1/s1. The number of hydrogen-bond donors (Lipinski definition) is 21. The Hall–Kier alpha value is -3.39. The molecule has 0 unspecified atom stereocenters. The van der Waals surface area contributed by atoms with Gasteiger partial charge in [-0.15, -0.1) is 0 Å². The summed E-state index contributed by atoms with van der Waals surface area (Å²) in [5, 5.41) is 227. The summed E-state index contributed by atoms with van der Waals surface area (Å²) in [7, 11) is 0. The van der Waals surface area contributed by atoms with Crippen molar-refractivity contribution in [2.45, 2.75) is 228 Å². The zero-order chi connectivity index (χ0) is 66.1. The summed E-state index contributed by atoms with van der Waals surface area (Å²) in [4.78, 5) is 15.7. The van der Waals surface area contributed by atoms with E-state index in [-0.39, 0.29) is 12.0 Å². The highest BCUT2D eigenvalue weighted by atomic mass is 16.8.